The van der Waals surface area contributed by atoms with Crippen LogP contribution in [0.1, 0.15) is 19.4 Å². The second-order valence-corrected chi connectivity index (χ2v) is 5.68. The van der Waals surface area contributed by atoms with E-state index in [2.05, 4.69) is 39.9 Å². The van der Waals surface area contributed by atoms with Crippen molar-refractivity contribution in [2.75, 3.05) is 18.0 Å². The van der Waals surface area contributed by atoms with E-state index in [1.165, 1.54) is 24.0 Å². The summed E-state index contributed by atoms with van der Waals surface area (Å²) in [6.07, 6.45) is 4.78. The molecule has 2 aromatic rings. The summed E-state index contributed by atoms with van der Waals surface area (Å²) in [7, 11) is 0. The van der Waals surface area contributed by atoms with Gasteiger partial charge in [-0.1, -0.05) is 13.8 Å². The highest BCUT2D eigenvalue weighted by Gasteiger charge is 2.53. The summed E-state index contributed by atoms with van der Waals surface area (Å²) in [5, 5.41) is 1.23. The van der Waals surface area contributed by atoms with E-state index in [4.69, 9.17) is 0 Å². The summed E-state index contributed by atoms with van der Waals surface area (Å²) >= 11 is 0. The first-order valence-electron chi connectivity index (χ1n) is 6.85. The molecule has 1 unspecified atom stereocenters. The Morgan fingerprint density at radius 1 is 1.33 bits per heavy atom. The lowest BCUT2D eigenvalue weighted by atomic mass is 10.1. The Kier molecular flexibility index (Phi) is 1.99. The maximum Gasteiger partial charge on any atom is 0.143 e. The van der Waals surface area contributed by atoms with Gasteiger partial charge in [0, 0.05) is 19.3 Å². The zero-order valence-corrected chi connectivity index (χ0v) is 10.8. The van der Waals surface area contributed by atoms with Crippen LogP contribution in [0.25, 0.3) is 11.0 Å². The number of anilines is 1. The Balaban J connectivity index is 1.78. The largest absolute Gasteiger partial charge is 0.355 e. The third-order valence-electron chi connectivity index (χ3n) is 4.83. The number of aromatic amines is 1. The van der Waals surface area contributed by atoms with Crippen LogP contribution in [0.15, 0.2) is 12.5 Å². The molecule has 0 aromatic carbocycles. The van der Waals surface area contributed by atoms with Gasteiger partial charge in [0.2, 0.25) is 0 Å². The molecule has 4 nitrogen and oxygen atoms in total. The van der Waals surface area contributed by atoms with Gasteiger partial charge in [-0.3, -0.25) is 0 Å². The lowest BCUT2D eigenvalue weighted by molar-refractivity contribution is 0.685. The van der Waals surface area contributed by atoms with Gasteiger partial charge in [0.1, 0.15) is 17.8 Å². The average Bonchev–Trinajstić information content (AvgIpc) is 2.84. The Morgan fingerprint density at radius 3 is 2.83 bits per heavy atom. The number of hydrogen-bond acceptors (Lipinski definition) is 3. The van der Waals surface area contributed by atoms with Gasteiger partial charge in [0.25, 0.3) is 0 Å². The van der Waals surface area contributed by atoms with Crippen molar-refractivity contribution < 1.29 is 0 Å². The molecule has 1 aliphatic carbocycles. The number of nitrogens with one attached hydrogen (secondary N) is 1. The van der Waals surface area contributed by atoms with Crippen LogP contribution < -0.4 is 4.90 Å². The Hall–Kier alpha value is -1.58. The minimum absolute atomic E-state index is 0.902. The maximum absolute atomic E-state index is 4.54. The molecule has 18 heavy (non-hydrogen) atoms. The lowest BCUT2D eigenvalue weighted by Crippen LogP contribution is -2.24. The molecule has 0 amide bonds. The number of H-pyrrole nitrogens is 1. The van der Waals surface area contributed by atoms with Crippen LogP contribution in [0.4, 0.5) is 5.82 Å². The van der Waals surface area contributed by atoms with Crippen molar-refractivity contribution in [3.05, 3.63) is 18.1 Å². The quantitative estimate of drug-likeness (QED) is 0.878. The smallest absolute Gasteiger partial charge is 0.143 e. The summed E-state index contributed by atoms with van der Waals surface area (Å²) in [6, 6.07) is 0. The topological polar surface area (TPSA) is 44.8 Å². The monoisotopic (exact) mass is 242 g/mol. The normalized spacial score (nSPS) is 29.9. The molecule has 2 aliphatic rings. The molecule has 1 N–H and O–H groups in total. The van der Waals surface area contributed by atoms with Crippen LogP contribution in [0.5, 0.6) is 0 Å². The van der Waals surface area contributed by atoms with Crippen molar-refractivity contribution >= 4 is 16.9 Å². The molecule has 1 saturated carbocycles. The summed E-state index contributed by atoms with van der Waals surface area (Å²) in [6.45, 7) is 6.90. The molecule has 4 heteroatoms. The maximum atomic E-state index is 4.54. The Labute approximate surface area is 106 Å². The first kappa shape index (κ1) is 10.4. The van der Waals surface area contributed by atoms with Gasteiger partial charge >= 0.3 is 0 Å². The van der Waals surface area contributed by atoms with Crippen LogP contribution >= 0.6 is 0 Å². The molecular weight excluding hydrogens is 224 g/mol. The highest BCUT2D eigenvalue weighted by molar-refractivity contribution is 5.91. The van der Waals surface area contributed by atoms with Crippen LogP contribution in [0.3, 0.4) is 0 Å². The molecular formula is C14H18N4. The van der Waals surface area contributed by atoms with Crippen molar-refractivity contribution in [2.24, 2.45) is 17.8 Å². The number of nitrogens with zero attached hydrogens (tertiary/aromatic N) is 3. The number of hydrogen-bond donors (Lipinski definition) is 1. The molecule has 94 valence electrons. The third kappa shape index (κ3) is 1.26. The zero-order chi connectivity index (χ0) is 12.3. The zero-order valence-electron chi connectivity index (χ0n) is 10.8. The first-order chi connectivity index (χ1) is 8.79. The van der Waals surface area contributed by atoms with Gasteiger partial charge in [-0.25, -0.2) is 9.97 Å². The molecule has 1 aliphatic heterocycles. The van der Waals surface area contributed by atoms with Crippen LogP contribution in [-0.4, -0.2) is 28.0 Å². The van der Waals surface area contributed by atoms with Gasteiger partial charge in [-0.2, -0.15) is 0 Å². The van der Waals surface area contributed by atoms with E-state index < -0.39 is 0 Å². The van der Waals surface area contributed by atoms with Crippen LogP contribution in [-0.2, 0) is 6.42 Å². The van der Waals surface area contributed by atoms with Crippen molar-refractivity contribution in [3.8, 4) is 0 Å². The Morgan fingerprint density at radius 2 is 2.11 bits per heavy atom. The molecule has 1 saturated heterocycles. The molecule has 3 heterocycles. The SMILES string of the molecule is CCc1c[nH]c2ncnc(N3C[C@@H]4C(C)[C@@H]4C3)c12. The fourth-order valence-corrected chi connectivity index (χ4v) is 3.52. The second-order valence-electron chi connectivity index (χ2n) is 5.68. The van der Waals surface area contributed by atoms with E-state index in [9.17, 15) is 0 Å². The number of piperidine rings is 1. The predicted octanol–water partition coefficient (Wildman–Crippen LogP) is 2.22. The van der Waals surface area contributed by atoms with E-state index in [1.807, 2.05) is 0 Å². The number of aromatic nitrogens is 3. The highest BCUT2D eigenvalue weighted by Crippen LogP contribution is 2.52. The van der Waals surface area contributed by atoms with Crippen LogP contribution in [0, 0.1) is 17.8 Å². The molecule has 2 aromatic heterocycles. The third-order valence-corrected chi connectivity index (χ3v) is 4.83. The Bertz CT molecular complexity index is 591. The van der Waals surface area contributed by atoms with Gasteiger partial charge in [0.15, 0.2) is 0 Å². The lowest BCUT2D eigenvalue weighted by Gasteiger charge is -2.21. The minimum atomic E-state index is 0.902. The van der Waals surface area contributed by atoms with Gasteiger partial charge in [0.05, 0.1) is 5.39 Å². The van der Waals surface area contributed by atoms with E-state index >= 15 is 0 Å². The molecule has 4 rings (SSSR count). The van der Waals surface area contributed by atoms with Gasteiger partial charge in [-0.15, -0.1) is 0 Å². The predicted molar refractivity (Wildman–Crippen MR) is 71.6 cm³/mol. The summed E-state index contributed by atoms with van der Waals surface area (Å²) in [5.41, 5.74) is 2.31. The van der Waals surface area contributed by atoms with E-state index in [0.29, 0.717) is 0 Å². The number of fused-ring (bicyclic) bond motifs is 2. The highest BCUT2D eigenvalue weighted by atomic mass is 15.2. The standard InChI is InChI=1S/C14H18N4/c1-3-9-4-15-13-12(9)14(17-7-16-13)18-5-10-8(2)11(10)6-18/h4,7-8,10-11H,3,5-6H2,1-2H3,(H,15,16,17)/t8?,10-,11+. The van der Waals surface area contributed by atoms with Gasteiger partial charge in [-0.05, 0) is 29.7 Å². The fourth-order valence-electron chi connectivity index (χ4n) is 3.52. The van der Waals surface area contributed by atoms with Crippen molar-refractivity contribution in [3.63, 3.8) is 0 Å². The molecule has 0 radical (unpaired) electrons. The van der Waals surface area contributed by atoms with Crippen LogP contribution in [0.2, 0.25) is 0 Å². The minimum Gasteiger partial charge on any atom is -0.355 e. The van der Waals surface area contributed by atoms with Gasteiger partial charge < -0.3 is 9.88 Å². The molecule has 0 bridgehead atoms. The van der Waals surface area contributed by atoms with Crippen molar-refractivity contribution in [1.82, 2.24) is 15.0 Å². The molecule has 0 spiro atoms. The van der Waals surface area contributed by atoms with Crippen molar-refractivity contribution in [1.29, 1.82) is 0 Å². The number of aryl methyl sites for hydroxylation is 1. The summed E-state index contributed by atoms with van der Waals surface area (Å²) in [5.74, 6) is 3.87. The molecule has 3 atom stereocenters. The van der Waals surface area contributed by atoms with Crippen molar-refractivity contribution in [2.45, 2.75) is 20.3 Å². The second kappa shape index (κ2) is 3.46. The molecule has 2 fully saturated rings. The first-order valence-corrected chi connectivity index (χ1v) is 6.85. The van der Waals surface area contributed by atoms with E-state index in [-0.39, 0.29) is 0 Å². The number of rotatable bonds is 2. The average molecular weight is 242 g/mol. The fraction of sp³-hybridized carbons (Fsp3) is 0.571. The van der Waals surface area contributed by atoms with E-state index in [0.717, 1.165) is 35.6 Å². The summed E-state index contributed by atoms with van der Waals surface area (Å²) in [4.78, 5) is 14.6. The summed E-state index contributed by atoms with van der Waals surface area (Å²) < 4.78 is 0. The van der Waals surface area contributed by atoms with E-state index in [1.54, 1.807) is 6.33 Å².